The van der Waals surface area contributed by atoms with Crippen molar-refractivity contribution in [2.45, 2.75) is 38.4 Å². The van der Waals surface area contributed by atoms with Gasteiger partial charge < -0.3 is 11.1 Å². The molecular formula is C32H28ClF3N8O2. The first-order valence-electron chi connectivity index (χ1n) is 14.1. The Bertz CT molecular complexity index is 1940. The molecule has 236 valence electrons. The number of carbonyl (C=O) groups excluding carboxylic acids is 1. The molecule has 0 saturated heterocycles. The number of nitrogens with two attached hydrogens (primary N) is 2. The maximum absolute atomic E-state index is 13.7. The van der Waals surface area contributed by atoms with Crippen LogP contribution in [0.2, 0.25) is 5.02 Å². The quantitative estimate of drug-likeness (QED) is 0.183. The van der Waals surface area contributed by atoms with E-state index in [4.69, 9.17) is 23.2 Å². The van der Waals surface area contributed by atoms with Crippen LogP contribution in [0.15, 0.2) is 83.9 Å². The van der Waals surface area contributed by atoms with E-state index in [9.17, 15) is 28.0 Å². The van der Waals surface area contributed by atoms with Gasteiger partial charge >= 0.3 is 6.18 Å². The number of allylic oxidation sites excluding steroid dienone is 1. The third-order valence-electron chi connectivity index (χ3n) is 7.71. The largest absolute Gasteiger partial charge is 0.432 e. The Balaban J connectivity index is 1.58. The summed E-state index contributed by atoms with van der Waals surface area (Å²) in [5.74, 6) is 5.38. The molecule has 2 atom stereocenters. The molecule has 0 saturated carbocycles. The average Bonchev–Trinajstić information content (AvgIpc) is 3.02. The standard InChI is InChI=1S/C32H28ClF3N8O2/c1-18-3-2-4-27(21-10-20(14-40-15-21)23-7-5-19(13-37)9-26(23)42-31(18)46)43-17-41-25(12-30(43)45)24-11-22(33)6-8-28(24)44(39)16-29(38)32(34,35)36/h5-12,14-18,27H,2-4,38-39H2,1H3,(H,42,46)/b29-16-. The number of nitriles is 1. The zero-order chi connectivity index (χ0) is 33.2. The zero-order valence-corrected chi connectivity index (χ0v) is 25.2. The highest BCUT2D eigenvalue weighted by molar-refractivity contribution is 6.31. The first-order chi connectivity index (χ1) is 21.8. The topological polar surface area (TPSA) is 156 Å². The number of halogens is 4. The number of nitrogens with one attached hydrogen (secondary N) is 1. The van der Waals surface area contributed by atoms with Crippen LogP contribution in [-0.2, 0) is 4.79 Å². The number of hydrazine groups is 1. The summed E-state index contributed by atoms with van der Waals surface area (Å²) in [6.07, 6.45) is 1.96. The molecule has 1 amide bonds. The van der Waals surface area contributed by atoms with Gasteiger partial charge in [0.2, 0.25) is 5.91 Å². The molecule has 0 fully saturated rings. The van der Waals surface area contributed by atoms with Gasteiger partial charge in [0.25, 0.3) is 5.56 Å². The third-order valence-corrected chi connectivity index (χ3v) is 7.95. The van der Waals surface area contributed by atoms with Gasteiger partial charge in [0, 0.05) is 58.0 Å². The highest BCUT2D eigenvalue weighted by atomic mass is 35.5. The number of hydrogen-bond donors (Lipinski definition) is 3. The summed E-state index contributed by atoms with van der Waals surface area (Å²) < 4.78 is 40.6. The Kier molecular flexibility index (Phi) is 9.13. The summed E-state index contributed by atoms with van der Waals surface area (Å²) in [7, 11) is 0. The molecular weight excluding hydrogens is 621 g/mol. The predicted octanol–water partition coefficient (Wildman–Crippen LogP) is 5.89. The molecule has 14 heteroatoms. The number of hydrogen-bond acceptors (Lipinski definition) is 8. The van der Waals surface area contributed by atoms with E-state index in [0.29, 0.717) is 58.4 Å². The molecule has 0 aliphatic carbocycles. The van der Waals surface area contributed by atoms with Crippen LogP contribution in [-0.4, -0.2) is 26.6 Å². The molecule has 1 aliphatic rings. The van der Waals surface area contributed by atoms with E-state index in [1.807, 2.05) is 13.0 Å². The van der Waals surface area contributed by atoms with Crippen LogP contribution < -0.4 is 27.5 Å². The number of carbonyl (C=O) groups is 1. The molecule has 2 aromatic heterocycles. The van der Waals surface area contributed by atoms with Gasteiger partial charge in [-0.3, -0.25) is 24.1 Å². The van der Waals surface area contributed by atoms with E-state index >= 15 is 0 Å². The smallest absolute Gasteiger partial charge is 0.393 e. The average molecular weight is 649 g/mol. The summed E-state index contributed by atoms with van der Waals surface area (Å²) in [5.41, 5.74) is 6.62. The molecule has 0 spiro atoms. The predicted molar refractivity (Wildman–Crippen MR) is 168 cm³/mol. The molecule has 5 N–H and O–H groups in total. The van der Waals surface area contributed by atoms with E-state index in [1.165, 1.54) is 35.2 Å². The lowest BCUT2D eigenvalue weighted by Gasteiger charge is -2.23. The first kappa shape index (κ1) is 32.2. The van der Waals surface area contributed by atoms with Gasteiger partial charge in [0.05, 0.1) is 35.4 Å². The molecule has 10 nitrogen and oxygen atoms in total. The molecule has 2 aromatic carbocycles. The highest BCUT2D eigenvalue weighted by Gasteiger charge is 2.32. The van der Waals surface area contributed by atoms with Gasteiger partial charge in [-0.05, 0) is 54.8 Å². The summed E-state index contributed by atoms with van der Waals surface area (Å²) in [6, 6.07) is 14.0. The molecule has 46 heavy (non-hydrogen) atoms. The Morgan fingerprint density at radius 1 is 1.13 bits per heavy atom. The van der Waals surface area contributed by atoms with Crippen LogP contribution in [0.3, 0.4) is 0 Å². The number of nitrogens with zero attached hydrogens (tertiary/aromatic N) is 5. The lowest BCUT2D eigenvalue weighted by molar-refractivity contribution is -0.119. The summed E-state index contributed by atoms with van der Waals surface area (Å²) >= 11 is 6.20. The molecule has 3 heterocycles. The van der Waals surface area contributed by atoms with Gasteiger partial charge in [0.15, 0.2) is 0 Å². The molecule has 2 unspecified atom stereocenters. The first-order valence-corrected chi connectivity index (χ1v) is 14.5. The van der Waals surface area contributed by atoms with E-state index in [0.717, 1.165) is 0 Å². The van der Waals surface area contributed by atoms with Crippen LogP contribution in [0.1, 0.15) is 43.4 Å². The van der Waals surface area contributed by atoms with Crippen molar-refractivity contribution in [1.29, 1.82) is 5.26 Å². The van der Waals surface area contributed by atoms with Crippen LogP contribution in [0.5, 0.6) is 0 Å². The van der Waals surface area contributed by atoms with Gasteiger partial charge in [-0.15, -0.1) is 0 Å². The lowest BCUT2D eigenvalue weighted by atomic mass is 9.93. The Morgan fingerprint density at radius 2 is 1.91 bits per heavy atom. The number of amides is 1. The van der Waals surface area contributed by atoms with Crippen molar-refractivity contribution in [1.82, 2.24) is 14.5 Å². The molecule has 0 radical (unpaired) electrons. The van der Waals surface area contributed by atoms with Crippen molar-refractivity contribution in [2.24, 2.45) is 17.5 Å². The summed E-state index contributed by atoms with van der Waals surface area (Å²) in [4.78, 5) is 35.6. The number of anilines is 2. The van der Waals surface area contributed by atoms with E-state index in [-0.39, 0.29) is 33.8 Å². The number of pyridine rings is 1. The minimum atomic E-state index is -4.80. The minimum absolute atomic E-state index is 0.0784. The fourth-order valence-electron chi connectivity index (χ4n) is 5.25. The Hall–Kier alpha value is -5.19. The van der Waals surface area contributed by atoms with Gasteiger partial charge in [-0.25, -0.2) is 10.8 Å². The number of aromatic nitrogens is 3. The number of fused-ring (bicyclic) bond motifs is 4. The summed E-state index contributed by atoms with van der Waals surface area (Å²) in [5, 5.41) is 13.3. The van der Waals surface area contributed by atoms with Gasteiger partial charge in [0.1, 0.15) is 5.70 Å². The van der Waals surface area contributed by atoms with Gasteiger partial charge in [-0.2, -0.15) is 18.4 Å². The molecule has 4 aromatic rings. The van der Waals surface area contributed by atoms with Crippen molar-refractivity contribution >= 4 is 28.9 Å². The zero-order valence-electron chi connectivity index (χ0n) is 24.4. The fourth-order valence-corrected chi connectivity index (χ4v) is 5.42. The van der Waals surface area contributed by atoms with E-state index < -0.39 is 23.5 Å². The van der Waals surface area contributed by atoms with E-state index in [1.54, 1.807) is 30.6 Å². The second kappa shape index (κ2) is 13.0. The second-order valence-corrected chi connectivity index (χ2v) is 11.3. The van der Waals surface area contributed by atoms with Crippen molar-refractivity contribution in [3.8, 4) is 28.5 Å². The van der Waals surface area contributed by atoms with Crippen molar-refractivity contribution in [3.63, 3.8) is 0 Å². The van der Waals surface area contributed by atoms with Crippen LogP contribution in [0, 0.1) is 17.2 Å². The number of alkyl halides is 3. The van der Waals surface area contributed by atoms with Crippen LogP contribution in [0.25, 0.3) is 22.4 Å². The maximum Gasteiger partial charge on any atom is 0.432 e. The second-order valence-electron chi connectivity index (χ2n) is 10.9. The Morgan fingerprint density at radius 3 is 2.63 bits per heavy atom. The van der Waals surface area contributed by atoms with Crippen molar-refractivity contribution in [3.05, 3.63) is 106 Å². The highest BCUT2D eigenvalue weighted by Crippen LogP contribution is 2.35. The van der Waals surface area contributed by atoms with Crippen molar-refractivity contribution < 1.29 is 18.0 Å². The maximum atomic E-state index is 13.7. The molecule has 2 bridgehead atoms. The number of rotatable bonds is 4. The van der Waals surface area contributed by atoms with Gasteiger partial charge in [-0.1, -0.05) is 31.0 Å². The Labute approximate surface area is 266 Å². The SMILES string of the molecule is CC1CCCC(n2cnc(-c3cc(Cl)ccc3N(N)/C=C(\N)C(F)(F)F)cc2=O)c2cncc(c2)-c2ccc(C#N)cc2NC1=O. The van der Waals surface area contributed by atoms with Crippen molar-refractivity contribution in [2.75, 3.05) is 10.3 Å². The normalized spacial score (nSPS) is 17.2. The summed E-state index contributed by atoms with van der Waals surface area (Å²) in [6.45, 7) is 1.81. The van der Waals surface area contributed by atoms with Crippen LogP contribution >= 0.6 is 11.6 Å². The lowest BCUT2D eigenvalue weighted by Crippen LogP contribution is -2.30. The fraction of sp³-hybridized carbons (Fsp3) is 0.219. The number of benzene rings is 2. The molecule has 5 rings (SSSR count). The monoisotopic (exact) mass is 648 g/mol. The van der Waals surface area contributed by atoms with Crippen LogP contribution in [0.4, 0.5) is 24.5 Å². The van der Waals surface area contributed by atoms with E-state index in [2.05, 4.69) is 21.4 Å². The minimum Gasteiger partial charge on any atom is -0.393 e. The molecule has 1 aliphatic heterocycles. The third kappa shape index (κ3) is 6.88.